The molecule has 0 spiro atoms. The van der Waals surface area contributed by atoms with Crippen molar-refractivity contribution in [1.29, 1.82) is 0 Å². The van der Waals surface area contributed by atoms with Crippen molar-refractivity contribution in [2.75, 3.05) is 11.1 Å². The van der Waals surface area contributed by atoms with Crippen LogP contribution in [-0.4, -0.2) is 16.6 Å². The second-order valence-electron chi connectivity index (χ2n) is 5.83. The van der Waals surface area contributed by atoms with Crippen molar-refractivity contribution < 1.29 is 4.79 Å². The SMILES string of the molecule is CC(C)CSc1nc2ccc(NC(=O)c3ccc(Br)cc3)cc2s1. The van der Waals surface area contributed by atoms with Crippen molar-refractivity contribution in [3.8, 4) is 0 Å². The Morgan fingerprint density at radius 3 is 2.71 bits per heavy atom. The number of rotatable bonds is 5. The highest BCUT2D eigenvalue weighted by atomic mass is 79.9. The summed E-state index contributed by atoms with van der Waals surface area (Å²) in [5.74, 6) is 1.59. The molecule has 0 aliphatic heterocycles. The number of nitrogens with one attached hydrogen (secondary N) is 1. The molecule has 1 N–H and O–H groups in total. The molecule has 3 aromatic rings. The van der Waals surface area contributed by atoms with Gasteiger partial charge in [0.25, 0.3) is 5.91 Å². The third-order valence-corrected chi connectivity index (χ3v) is 6.39. The van der Waals surface area contributed by atoms with Gasteiger partial charge in [0.2, 0.25) is 0 Å². The Morgan fingerprint density at radius 2 is 2.00 bits per heavy atom. The molecule has 0 saturated carbocycles. The summed E-state index contributed by atoms with van der Waals surface area (Å²) in [4.78, 5) is 16.9. The van der Waals surface area contributed by atoms with Gasteiger partial charge >= 0.3 is 0 Å². The van der Waals surface area contributed by atoms with Crippen LogP contribution in [0.1, 0.15) is 24.2 Å². The van der Waals surface area contributed by atoms with Crippen molar-refractivity contribution in [1.82, 2.24) is 4.98 Å². The maximum atomic E-state index is 12.3. The van der Waals surface area contributed by atoms with Gasteiger partial charge in [-0.1, -0.05) is 41.5 Å². The van der Waals surface area contributed by atoms with Gasteiger partial charge in [-0.25, -0.2) is 4.98 Å². The first-order chi connectivity index (χ1) is 11.5. The van der Waals surface area contributed by atoms with Crippen LogP contribution in [0.15, 0.2) is 51.3 Å². The molecular formula is C18H17BrN2OS2. The first kappa shape index (κ1) is 17.5. The van der Waals surface area contributed by atoms with Crippen LogP contribution >= 0.6 is 39.0 Å². The first-order valence-corrected chi connectivity index (χ1v) is 10.2. The van der Waals surface area contributed by atoms with Crippen molar-refractivity contribution in [2.45, 2.75) is 18.2 Å². The average Bonchev–Trinajstić information content (AvgIpc) is 2.95. The third kappa shape index (κ3) is 4.37. The largest absolute Gasteiger partial charge is 0.322 e. The lowest BCUT2D eigenvalue weighted by molar-refractivity contribution is 0.102. The molecule has 0 aliphatic rings. The molecule has 3 nitrogen and oxygen atoms in total. The highest BCUT2D eigenvalue weighted by molar-refractivity contribution is 9.10. The molecule has 1 heterocycles. The fraction of sp³-hybridized carbons (Fsp3) is 0.222. The van der Waals surface area contributed by atoms with E-state index in [2.05, 4.69) is 40.1 Å². The van der Waals surface area contributed by atoms with Crippen molar-refractivity contribution >= 4 is 60.8 Å². The molecule has 3 rings (SSSR count). The zero-order valence-corrected chi connectivity index (χ0v) is 16.6. The zero-order valence-electron chi connectivity index (χ0n) is 13.4. The van der Waals surface area contributed by atoms with Crippen molar-refractivity contribution in [3.63, 3.8) is 0 Å². The fourth-order valence-corrected chi connectivity index (χ4v) is 4.43. The van der Waals surface area contributed by atoms with E-state index in [-0.39, 0.29) is 5.91 Å². The molecule has 0 unspecified atom stereocenters. The summed E-state index contributed by atoms with van der Waals surface area (Å²) in [5, 5.41) is 2.95. The summed E-state index contributed by atoms with van der Waals surface area (Å²) < 4.78 is 3.13. The second kappa shape index (κ2) is 7.68. The van der Waals surface area contributed by atoms with Crippen LogP contribution < -0.4 is 5.32 Å². The summed E-state index contributed by atoms with van der Waals surface area (Å²) >= 11 is 6.83. The summed E-state index contributed by atoms with van der Waals surface area (Å²) in [5.41, 5.74) is 2.41. The maximum Gasteiger partial charge on any atom is 0.255 e. The average molecular weight is 421 g/mol. The van der Waals surface area contributed by atoms with Crippen LogP contribution in [-0.2, 0) is 0 Å². The number of amides is 1. The molecule has 0 radical (unpaired) electrons. The minimum absolute atomic E-state index is 0.110. The Kier molecular flexibility index (Phi) is 5.58. The number of nitrogens with zero attached hydrogens (tertiary/aromatic N) is 1. The normalized spacial score (nSPS) is 11.2. The summed E-state index contributed by atoms with van der Waals surface area (Å²) in [7, 11) is 0. The first-order valence-electron chi connectivity index (χ1n) is 7.61. The molecular weight excluding hydrogens is 404 g/mol. The molecule has 24 heavy (non-hydrogen) atoms. The number of thioether (sulfide) groups is 1. The summed E-state index contributed by atoms with van der Waals surface area (Å²) in [6.45, 7) is 4.41. The number of hydrogen-bond donors (Lipinski definition) is 1. The molecule has 0 fully saturated rings. The Morgan fingerprint density at radius 1 is 1.25 bits per heavy atom. The number of benzene rings is 2. The molecule has 0 aliphatic carbocycles. The number of fused-ring (bicyclic) bond motifs is 1. The minimum atomic E-state index is -0.110. The van der Waals surface area contributed by atoms with Crippen LogP contribution in [0.3, 0.4) is 0 Å². The number of thiazole rings is 1. The molecule has 2 aromatic carbocycles. The van der Waals surface area contributed by atoms with Gasteiger partial charge in [-0.05, 0) is 48.4 Å². The van der Waals surface area contributed by atoms with Crippen LogP contribution in [0.4, 0.5) is 5.69 Å². The smallest absolute Gasteiger partial charge is 0.255 e. The third-order valence-electron chi connectivity index (χ3n) is 3.27. The van der Waals surface area contributed by atoms with Crippen LogP contribution in [0.5, 0.6) is 0 Å². The molecule has 124 valence electrons. The Hall–Kier alpha value is -1.37. The quantitative estimate of drug-likeness (QED) is 0.509. The predicted molar refractivity (Wildman–Crippen MR) is 107 cm³/mol. The fourth-order valence-electron chi connectivity index (χ4n) is 2.09. The molecule has 1 aromatic heterocycles. The molecule has 0 atom stereocenters. The maximum absolute atomic E-state index is 12.3. The van der Waals surface area contributed by atoms with E-state index in [0.29, 0.717) is 11.5 Å². The van der Waals surface area contributed by atoms with Gasteiger partial charge in [0.05, 0.1) is 10.2 Å². The minimum Gasteiger partial charge on any atom is -0.322 e. The Bertz CT molecular complexity index is 859. The van der Waals surface area contributed by atoms with Crippen LogP contribution in [0.2, 0.25) is 0 Å². The topological polar surface area (TPSA) is 42.0 Å². The second-order valence-corrected chi connectivity index (χ2v) is 9.04. The van der Waals surface area contributed by atoms with E-state index in [1.807, 2.05) is 30.3 Å². The van der Waals surface area contributed by atoms with Gasteiger partial charge in [0.15, 0.2) is 4.34 Å². The zero-order chi connectivity index (χ0) is 17.1. The van der Waals surface area contributed by atoms with E-state index in [9.17, 15) is 4.79 Å². The highest BCUT2D eigenvalue weighted by Crippen LogP contribution is 2.32. The molecule has 0 bridgehead atoms. The van der Waals surface area contributed by atoms with Gasteiger partial charge in [-0.2, -0.15) is 0 Å². The molecule has 1 amide bonds. The number of carbonyl (C=O) groups excluding carboxylic acids is 1. The van der Waals surface area contributed by atoms with Gasteiger partial charge < -0.3 is 5.32 Å². The van der Waals surface area contributed by atoms with E-state index in [1.54, 1.807) is 35.2 Å². The van der Waals surface area contributed by atoms with E-state index in [4.69, 9.17) is 0 Å². The van der Waals surface area contributed by atoms with Gasteiger partial charge in [-0.15, -0.1) is 11.3 Å². The Balaban J connectivity index is 1.75. The lowest BCUT2D eigenvalue weighted by atomic mass is 10.2. The van der Waals surface area contributed by atoms with Gasteiger partial charge in [0, 0.05) is 21.5 Å². The van der Waals surface area contributed by atoms with Crippen molar-refractivity contribution in [2.24, 2.45) is 5.92 Å². The van der Waals surface area contributed by atoms with E-state index >= 15 is 0 Å². The number of hydrogen-bond acceptors (Lipinski definition) is 4. The molecule has 6 heteroatoms. The monoisotopic (exact) mass is 420 g/mol. The highest BCUT2D eigenvalue weighted by Gasteiger charge is 2.09. The Labute approximate surface area is 158 Å². The van der Waals surface area contributed by atoms with E-state index in [1.165, 1.54) is 0 Å². The van der Waals surface area contributed by atoms with Crippen molar-refractivity contribution in [3.05, 3.63) is 52.5 Å². The lowest BCUT2D eigenvalue weighted by Crippen LogP contribution is -2.11. The van der Waals surface area contributed by atoms with E-state index < -0.39 is 0 Å². The van der Waals surface area contributed by atoms with E-state index in [0.717, 1.165) is 30.5 Å². The van der Waals surface area contributed by atoms with Crippen LogP contribution in [0.25, 0.3) is 10.2 Å². The predicted octanol–water partition coefficient (Wildman–Crippen LogP) is 6.06. The standard InChI is InChI=1S/C18H17BrN2OS2/c1-11(2)10-23-18-21-15-8-7-14(9-16(15)24-18)20-17(22)12-3-5-13(19)6-4-12/h3-9,11H,10H2,1-2H3,(H,20,22). The molecule has 0 saturated heterocycles. The van der Waals surface area contributed by atoms with Gasteiger partial charge in [-0.3, -0.25) is 4.79 Å². The number of aromatic nitrogens is 1. The number of halogens is 1. The summed E-state index contributed by atoms with van der Waals surface area (Å²) in [6.07, 6.45) is 0. The van der Waals surface area contributed by atoms with Crippen LogP contribution in [0, 0.1) is 5.92 Å². The number of carbonyl (C=O) groups is 1. The number of anilines is 1. The summed E-state index contributed by atoms with van der Waals surface area (Å²) in [6, 6.07) is 13.2. The van der Waals surface area contributed by atoms with Gasteiger partial charge in [0.1, 0.15) is 0 Å². The lowest BCUT2D eigenvalue weighted by Gasteiger charge is -2.05.